The van der Waals surface area contributed by atoms with E-state index < -0.39 is 0 Å². The third kappa shape index (κ3) is 2.33. The van der Waals surface area contributed by atoms with E-state index in [4.69, 9.17) is 18.0 Å². The predicted octanol–water partition coefficient (Wildman–Crippen LogP) is 3.46. The van der Waals surface area contributed by atoms with Gasteiger partial charge in [-0.15, -0.1) is 0 Å². The second-order valence-corrected chi connectivity index (χ2v) is 6.36. The van der Waals surface area contributed by atoms with Gasteiger partial charge in [0.15, 0.2) is 0 Å². The van der Waals surface area contributed by atoms with E-state index in [1.54, 1.807) is 0 Å². The molecule has 92 valence electrons. The van der Waals surface area contributed by atoms with Gasteiger partial charge < -0.3 is 10.6 Å². The predicted molar refractivity (Wildman–Crippen MR) is 80.7 cm³/mol. The van der Waals surface area contributed by atoms with Gasteiger partial charge in [-0.1, -0.05) is 18.3 Å². The van der Waals surface area contributed by atoms with Gasteiger partial charge in [-0.25, -0.2) is 0 Å². The molecule has 1 aliphatic rings. The number of nitrogens with zero attached hydrogens (tertiary/aromatic N) is 1. The summed E-state index contributed by atoms with van der Waals surface area (Å²) in [5.74, 6) is 0. The highest BCUT2D eigenvalue weighted by Gasteiger charge is 2.33. The molecule has 4 heteroatoms. The van der Waals surface area contributed by atoms with Gasteiger partial charge in [0.25, 0.3) is 0 Å². The van der Waals surface area contributed by atoms with E-state index >= 15 is 0 Å². The van der Waals surface area contributed by atoms with Crippen molar-refractivity contribution in [3.63, 3.8) is 0 Å². The molecule has 2 rings (SSSR count). The van der Waals surface area contributed by atoms with Gasteiger partial charge in [0.1, 0.15) is 4.99 Å². The maximum absolute atomic E-state index is 5.85. The number of hydrogen-bond acceptors (Lipinski definition) is 2. The van der Waals surface area contributed by atoms with Crippen molar-refractivity contribution in [1.29, 1.82) is 0 Å². The minimum Gasteiger partial charge on any atom is -0.389 e. The molecule has 0 spiro atoms. The van der Waals surface area contributed by atoms with Crippen LogP contribution < -0.4 is 10.6 Å². The summed E-state index contributed by atoms with van der Waals surface area (Å²) in [6, 6.07) is 6.13. The van der Waals surface area contributed by atoms with Crippen molar-refractivity contribution in [2.75, 3.05) is 11.4 Å². The molecule has 0 atom stereocenters. The topological polar surface area (TPSA) is 29.3 Å². The minimum atomic E-state index is 0.181. The highest BCUT2D eigenvalue weighted by Crippen LogP contribution is 2.37. The minimum absolute atomic E-state index is 0.181. The van der Waals surface area contributed by atoms with Crippen LogP contribution in [0.15, 0.2) is 22.7 Å². The van der Waals surface area contributed by atoms with Crippen molar-refractivity contribution in [2.45, 2.75) is 32.2 Å². The number of hydrogen-bond donors (Lipinski definition) is 1. The van der Waals surface area contributed by atoms with Crippen LogP contribution in [0.3, 0.4) is 0 Å². The fraction of sp³-hybridized carbons (Fsp3) is 0.462. The number of anilines is 1. The largest absolute Gasteiger partial charge is 0.389 e. The molecule has 1 aromatic rings. The molecule has 1 heterocycles. The van der Waals surface area contributed by atoms with Gasteiger partial charge in [-0.05, 0) is 54.8 Å². The lowest BCUT2D eigenvalue weighted by atomic mass is 10.0. The fourth-order valence-electron chi connectivity index (χ4n) is 2.54. The van der Waals surface area contributed by atoms with Crippen LogP contribution in [-0.4, -0.2) is 17.1 Å². The van der Waals surface area contributed by atoms with Gasteiger partial charge in [0.2, 0.25) is 0 Å². The van der Waals surface area contributed by atoms with E-state index in [2.05, 4.69) is 40.7 Å². The second kappa shape index (κ2) is 4.58. The van der Waals surface area contributed by atoms with E-state index in [-0.39, 0.29) is 5.54 Å². The molecular formula is C13H17BrN2S. The van der Waals surface area contributed by atoms with Crippen molar-refractivity contribution < 1.29 is 0 Å². The van der Waals surface area contributed by atoms with Crippen molar-refractivity contribution >= 4 is 38.8 Å². The lowest BCUT2D eigenvalue weighted by Gasteiger charge is -2.35. The van der Waals surface area contributed by atoms with Crippen LogP contribution >= 0.6 is 28.1 Å². The van der Waals surface area contributed by atoms with Crippen LogP contribution in [-0.2, 0) is 0 Å². The third-order valence-corrected chi connectivity index (χ3v) is 4.29. The van der Waals surface area contributed by atoms with E-state index in [1.807, 2.05) is 12.1 Å². The number of thiocarbonyl (C=S) groups is 1. The lowest BCUT2D eigenvalue weighted by molar-refractivity contribution is 0.518. The third-order valence-electron chi connectivity index (χ3n) is 3.43. The molecule has 2 N–H and O–H groups in total. The Morgan fingerprint density at radius 3 is 2.71 bits per heavy atom. The second-order valence-electron chi connectivity index (χ2n) is 5.07. The van der Waals surface area contributed by atoms with Crippen molar-refractivity contribution in [3.05, 3.63) is 28.2 Å². The summed E-state index contributed by atoms with van der Waals surface area (Å²) >= 11 is 8.71. The van der Waals surface area contributed by atoms with E-state index in [0.717, 1.165) is 22.3 Å². The molecule has 1 aliphatic heterocycles. The zero-order chi connectivity index (χ0) is 12.6. The molecule has 17 heavy (non-hydrogen) atoms. The average molecular weight is 313 g/mol. The first kappa shape index (κ1) is 12.8. The summed E-state index contributed by atoms with van der Waals surface area (Å²) in [4.78, 5) is 2.86. The molecule has 1 saturated heterocycles. The number of benzene rings is 1. The molecule has 2 nitrogen and oxygen atoms in total. The maximum atomic E-state index is 5.85. The Balaban J connectivity index is 2.52. The summed E-state index contributed by atoms with van der Waals surface area (Å²) in [5, 5.41) is 0. The van der Waals surface area contributed by atoms with Crippen molar-refractivity contribution in [3.8, 4) is 0 Å². The average Bonchev–Trinajstić information content (AvgIpc) is 2.57. The van der Waals surface area contributed by atoms with Gasteiger partial charge >= 0.3 is 0 Å². The zero-order valence-corrected chi connectivity index (χ0v) is 12.6. The van der Waals surface area contributed by atoms with Crippen molar-refractivity contribution in [1.82, 2.24) is 0 Å². The molecule has 0 unspecified atom stereocenters. The summed E-state index contributed by atoms with van der Waals surface area (Å²) in [6.45, 7) is 5.60. The van der Waals surface area contributed by atoms with E-state index in [9.17, 15) is 0 Å². The Labute approximate surface area is 116 Å². The number of nitrogens with two attached hydrogens (primary N) is 1. The normalized spacial score (nSPS) is 18.4. The Kier molecular flexibility index (Phi) is 3.46. The summed E-state index contributed by atoms with van der Waals surface area (Å²) in [5.41, 5.74) is 8.13. The fourth-order valence-corrected chi connectivity index (χ4v) is 3.45. The lowest BCUT2D eigenvalue weighted by Crippen LogP contribution is -2.39. The standard InChI is InChI=1S/C13H17BrN2S/c1-13(2)7-4-8-16(13)10-6-3-5-9(14)11(10)12(15)17/h3,5-6H,4,7-8H2,1-2H3,(H2,15,17). The first-order chi connectivity index (χ1) is 7.93. The molecule has 0 saturated carbocycles. The first-order valence-corrected chi connectivity index (χ1v) is 6.99. The monoisotopic (exact) mass is 312 g/mol. The number of rotatable bonds is 2. The van der Waals surface area contributed by atoms with Gasteiger partial charge in [-0.2, -0.15) is 0 Å². The molecule has 0 amide bonds. The van der Waals surface area contributed by atoms with Crippen LogP contribution in [0, 0.1) is 0 Å². The van der Waals surface area contributed by atoms with Gasteiger partial charge in [0.05, 0.1) is 0 Å². The van der Waals surface area contributed by atoms with Crippen LogP contribution in [0.4, 0.5) is 5.69 Å². The highest BCUT2D eigenvalue weighted by molar-refractivity contribution is 9.10. The maximum Gasteiger partial charge on any atom is 0.107 e. The smallest absolute Gasteiger partial charge is 0.107 e. The number of halogens is 1. The molecule has 0 bridgehead atoms. The molecule has 1 aromatic carbocycles. The van der Waals surface area contributed by atoms with Gasteiger partial charge in [-0.3, -0.25) is 0 Å². The van der Waals surface area contributed by atoms with Crippen LogP contribution in [0.25, 0.3) is 0 Å². The Morgan fingerprint density at radius 1 is 1.47 bits per heavy atom. The van der Waals surface area contributed by atoms with Crippen LogP contribution in [0.1, 0.15) is 32.3 Å². The Hall–Kier alpha value is -0.610. The Morgan fingerprint density at radius 2 is 2.18 bits per heavy atom. The molecule has 0 aliphatic carbocycles. The molecular weight excluding hydrogens is 296 g/mol. The quantitative estimate of drug-likeness (QED) is 0.848. The van der Waals surface area contributed by atoms with Crippen LogP contribution in [0.2, 0.25) is 0 Å². The summed E-state index contributed by atoms with van der Waals surface area (Å²) in [7, 11) is 0. The van der Waals surface area contributed by atoms with Crippen molar-refractivity contribution in [2.24, 2.45) is 5.73 Å². The molecule has 0 aromatic heterocycles. The van der Waals surface area contributed by atoms with E-state index in [0.29, 0.717) is 4.99 Å². The van der Waals surface area contributed by atoms with E-state index in [1.165, 1.54) is 12.8 Å². The summed E-state index contributed by atoms with van der Waals surface area (Å²) in [6.07, 6.45) is 2.42. The Bertz CT molecular complexity index is 457. The first-order valence-electron chi connectivity index (χ1n) is 5.79. The molecule has 1 fully saturated rings. The SMILES string of the molecule is CC1(C)CCCN1c1cccc(Br)c1C(N)=S. The van der Waals surface area contributed by atoms with Crippen LogP contribution in [0.5, 0.6) is 0 Å². The van der Waals surface area contributed by atoms with Gasteiger partial charge in [0, 0.05) is 27.8 Å². The highest BCUT2D eigenvalue weighted by atomic mass is 79.9. The molecule has 0 radical (unpaired) electrons. The zero-order valence-electron chi connectivity index (χ0n) is 10.2. The summed E-state index contributed by atoms with van der Waals surface area (Å²) < 4.78 is 0.977.